The molecule has 1 atom stereocenters. The number of hydrogen-bond acceptors (Lipinski definition) is 7. The van der Waals surface area contributed by atoms with Crippen LogP contribution in [0.15, 0.2) is 42.5 Å². The largest absolute Gasteiger partial charge is 0.497 e. The minimum Gasteiger partial charge on any atom is -0.497 e. The summed E-state index contributed by atoms with van der Waals surface area (Å²) in [4.78, 5) is 38.5. The first-order chi connectivity index (χ1) is 14.0. The van der Waals surface area contributed by atoms with Gasteiger partial charge in [-0.2, -0.15) is 0 Å². The van der Waals surface area contributed by atoms with Gasteiger partial charge in [-0.1, -0.05) is 0 Å². The van der Waals surface area contributed by atoms with Gasteiger partial charge in [-0.3, -0.25) is 19.8 Å². The topological polar surface area (TPSA) is 106 Å². The van der Waals surface area contributed by atoms with Crippen LogP contribution in [0.3, 0.4) is 0 Å². The Morgan fingerprint density at radius 2 is 1.52 bits per heavy atom. The van der Waals surface area contributed by atoms with Crippen molar-refractivity contribution in [3.63, 3.8) is 0 Å². The lowest BCUT2D eigenvalue weighted by atomic mass is 10.2. The maximum Gasteiger partial charge on any atom is 0.265 e. The molecule has 3 rings (SSSR count). The second-order valence-corrected chi connectivity index (χ2v) is 6.22. The molecule has 152 valence electrons. The van der Waals surface area contributed by atoms with Crippen LogP contribution in [-0.4, -0.2) is 45.1 Å². The van der Waals surface area contributed by atoms with Crippen molar-refractivity contribution in [2.24, 2.45) is 0 Å². The number of carbonyl (C=O) groups excluding carboxylic acids is 3. The molecular weight excluding hydrogens is 378 g/mol. The van der Waals surface area contributed by atoms with Gasteiger partial charge in [-0.05, 0) is 36.4 Å². The molecule has 9 nitrogen and oxygen atoms in total. The monoisotopic (exact) mass is 399 g/mol. The normalized spacial score (nSPS) is 16.0. The highest BCUT2D eigenvalue weighted by Gasteiger charge is 2.39. The molecule has 0 bridgehead atoms. The number of carbonyl (C=O) groups is 3. The van der Waals surface area contributed by atoms with E-state index in [4.69, 9.17) is 14.2 Å². The van der Waals surface area contributed by atoms with Crippen molar-refractivity contribution >= 4 is 23.4 Å². The van der Waals surface area contributed by atoms with Crippen LogP contribution in [0.2, 0.25) is 0 Å². The minimum atomic E-state index is -0.874. The number of methoxy groups -OCH3 is 3. The molecule has 0 saturated carbocycles. The number of imide groups is 1. The molecule has 1 heterocycles. The van der Waals surface area contributed by atoms with Crippen LogP contribution in [-0.2, 0) is 9.59 Å². The van der Waals surface area contributed by atoms with E-state index in [0.717, 1.165) is 4.90 Å². The van der Waals surface area contributed by atoms with Gasteiger partial charge in [0.05, 0.1) is 33.4 Å². The summed E-state index contributed by atoms with van der Waals surface area (Å²) < 4.78 is 15.4. The first kappa shape index (κ1) is 20.2. The first-order valence-electron chi connectivity index (χ1n) is 8.76. The molecule has 29 heavy (non-hydrogen) atoms. The molecule has 1 aliphatic heterocycles. The van der Waals surface area contributed by atoms with Crippen molar-refractivity contribution in [1.29, 1.82) is 0 Å². The van der Waals surface area contributed by atoms with E-state index in [1.54, 1.807) is 30.3 Å². The zero-order valence-electron chi connectivity index (χ0n) is 16.2. The van der Waals surface area contributed by atoms with E-state index in [2.05, 4.69) is 10.9 Å². The lowest BCUT2D eigenvalue weighted by molar-refractivity contribution is -0.121. The zero-order chi connectivity index (χ0) is 21.0. The van der Waals surface area contributed by atoms with Crippen LogP contribution in [0.25, 0.3) is 0 Å². The van der Waals surface area contributed by atoms with Crippen molar-refractivity contribution in [1.82, 2.24) is 10.9 Å². The van der Waals surface area contributed by atoms with E-state index >= 15 is 0 Å². The number of hydrazine groups is 1. The molecule has 0 aromatic heterocycles. The quantitative estimate of drug-likeness (QED) is 0.534. The van der Waals surface area contributed by atoms with Gasteiger partial charge in [-0.15, -0.1) is 0 Å². The Balaban J connectivity index is 1.67. The standard InChI is InChI=1S/C20H21N3O6/c1-27-14-6-4-13(5-7-14)23-18(24)11-17(20(23)26)21-22-19(25)12-8-15(28-2)10-16(9-12)29-3/h4-10,17,21H,11H2,1-3H3,(H,22,25). The van der Waals surface area contributed by atoms with E-state index in [1.165, 1.54) is 33.5 Å². The van der Waals surface area contributed by atoms with Crippen molar-refractivity contribution in [3.8, 4) is 17.2 Å². The van der Waals surface area contributed by atoms with Crippen LogP contribution >= 0.6 is 0 Å². The maximum absolute atomic E-state index is 12.6. The van der Waals surface area contributed by atoms with Crippen LogP contribution < -0.4 is 30.0 Å². The molecule has 1 unspecified atom stereocenters. The van der Waals surface area contributed by atoms with E-state index in [9.17, 15) is 14.4 Å². The zero-order valence-corrected chi connectivity index (χ0v) is 16.2. The molecule has 2 N–H and O–H groups in total. The summed E-state index contributed by atoms with van der Waals surface area (Å²) in [6.07, 6.45) is -0.0768. The lowest BCUT2D eigenvalue weighted by Crippen LogP contribution is -2.48. The predicted molar refractivity (Wildman–Crippen MR) is 104 cm³/mol. The van der Waals surface area contributed by atoms with Gasteiger partial charge in [0.1, 0.15) is 23.3 Å². The van der Waals surface area contributed by atoms with Gasteiger partial charge in [0, 0.05) is 11.6 Å². The van der Waals surface area contributed by atoms with E-state index in [0.29, 0.717) is 22.9 Å². The second kappa shape index (κ2) is 8.61. The average molecular weight is 399 g/mol. The highest BCUT2D eigenvalue weighted by atomic mass is 16.5. The van der Waals surface area contributed by atoms with Crippen molar-refractivity contribution < 1.29 is 28.6 Å². The molecule has 0 spiro atoms. The van der Waals surface area contributed by atoms with Gasteiger partial charge in [0.15, 0.2) is 0 Å². The van der Waals surface area contributed by atoms with Crippen LogP contribution in [0.1, 0.15) is 16.8 Å². The van der Waals surface area contributed by atoms with Crippen molar-refractivity contribution in [3.05, 3.63) is 48.0 Å². The maximum atomic E-state index is 12.6. The highest BCUT2D eigenvalue weighted by molar-refractivity contribution is 6.22. The Kier molecular flexibility index (Phi) is 5.99. The fourth-order valence-electron chi connectivity index (χ4n) is 2.91. The van der Waals surface area contributed by atoms with E-state index in [-0.39, 0.29) is 17.9 Å². The predicted octanol–water partition coefficient (Wildman–Crippen LogP) is 1.28. The Morgan fingerprint density at radius 1 is 0.931 bits per heavy atom. The first-order valence-corrected chi connectivity index (χ1v) is 8.76. The fourth-order valence-corrected chi connectivity index (χ4v) is 2.91. The summed E-state index contributed by atoms with van der Waals surface area (Å²) in [7, 11) is 4.48. The van der Waals surface area contributed by atoms with Crippen LogP contribution in [0, 0.1) is 0 Å². The van der Waals surface area contributed by atoms with Crippen LogP contribution in [0.5, 0.6) is 17.2 Å². The van der Waals surface area contributed by atoms with Crippen LogP contribution in [0.4, 0.5) is 5.69 Å². The fraction of sp³-hybridized carbons (Fsp3) is 0.250. The molecule has 0 radical (unpaired) electrons. The molecule has 2 aromatic rings. The van der Waals surface area contributed by atoms with Gasteiger partial charge in [0.2, 0.25) is 5.91 Å². The summed E-state index contributed by atoms with van der Waals surface area (Å²) in [6, 6.07) is 10.4. The minimum absolute atomic E-state index is 0.0768. The van der Waals surface area contributed by atoms with E-state index in [1.807, 2.05) is 0 Å². The molecule has 0 aliphatic carbocycles. The number of nitrogens with one attached hydrogen (secondary N) is 2. The lowest BCUT2D eigenvalue weighted by Gasteiger charge is -2.16. The molecule has 1 aliphatic rings. The summed E-state index contributed by atoms with van der Waals surface area (Å²) in [5.41, 5.74) is 5.82. The molecule has 2 aromatic carbocycles. The average Bonchev–Trinajstić information content (AvgIpc) is 3.04. The summed E-state index contributed by atoms with van der Waals surface area (Å²) in [5, 5.41) is 0. The molecule has 9 heteroatoms. The number of amides is 3. The molecular formula is C20H21N3O6. The Bertz CT molecular complexity index is 906. The third-order valence-electron chi connectivity index (χ3n) is 4.45. The Hall–Kier alpha value is -3.59. The van der Waals surface area contributed by atoms with Crippen molar-refractivity contribution in [2.45, 2.75) is 12.5 Å². The number of nitrogens with zero attached hydrogens (tertiary/aromatic N) is 1. The third-order valence-corrected chi connectivity index (χ3v) is 4.45. The second-order valence-electron chi connectivity index (χ2n) is 6.22. The van der Waals surface area contributed by atoms with Gasteiger partial charge >= 0.3 is 0 Å². The number of rotatable bonds is 7. The van der Waals surface area contributed by atoms with Crippen molar-refractivity contribution in [2.75, 3.05) is 26.2 Å². The summed E-state index contributed by atoms with van der Waals surface area (Å²) in [6.45, 7) is 0. The van der Waals surface area contributed by atoms with Gasteiger partial charge in [-0.25, -0.2) is 10.3 Å². The molecule has 3 amide bonds. The molecule has 1 fully saturated rings. The molecule has 1 saturated heterocycles. The van der Waals surface area contributed by atoms with E-state index < -0.39 is 17.9 Å². The number of anilines is 1. The third kappa shape index (κ3) is 4.30. The summed E-state index contributed by atoms with van der Waals surface area (Å²) >= 11 is 0. The smallest absolute Gasteiger partial charge is 0.265 e. The summed E-state index contributed by atoms with van der Waals surface area (Å²) in [5.74, 6) is 0.201. The number of hydrogen-bond donors (Lipinski definition) is 2. The highest BCUT2D eigenvalue weighted by Crippen LogP contribution is 2.25. The van der Waals surface area contributed by atoms with Gasteiger partial charge in [0.25, 0.3) is 11.8 Å². The number of benzene rings is 2. The number of ether oxygens (including phenoxy) is 3. The Morgan fingerprint density at radius 3 is 2.07 bits per heavy atom. The Labute approximate surface area is 167 Å². The SMILES string of the molecule is COc1ccc(N2C(=O)CC(NNC(=O)c3cc(OC)cc(OC)c3)C2=O)cc1. The van der Waals surface area contributed by atoms with Gasteiger partial charge < -0.3 is 14.2 Å².